The minimum Gasteiger partial charge on any atom is -0.309 e. The van der Waals surface area contributed by atoms with Crippen LogP contribution in [0.3, 0.4) is 0 Å². The van der Waals surface area contributed by atoms with Crippen LogP contribution in [0.2, 0.25) is 0 Å². The molecule has 0 amide bonds. The van der Waals surface area contributed by atoms with E-state index in [1.54, 1.807) is 0 Å². The first-order valence-electron chi connectivity index (χ1n) is 21.8. The lowest BCUT2D eigenvalue weighted by Gasteiger charge is -2.35. The number of hydrogen-bond donors (Lipinski definition) is 0. The highest BCUT2D eigenvalue weighted by atomic mass is 28.3. The highest BCUT2D eigenvalue weighted by Gasteiger charge is 2.43. The molecule has 0 atom stereocenters. The summed E-state index contributed by atoms with van der Waals surface area (Å²) < 4.78 is 5.03. The lowest BCUT2D eigenvalue weighted by molar-refractivity contribution is 1.16. The molecule has 296 valence electrons. The van der Waals surface area contributed by atoms with Gasteiger partial charge in [0.25, 0.3) is 0 Å². The zero-order valence-corrected chi connectivity index (χ0v) is 35.6. The van der Waals surface area contributed by atoms with Crippen LogP contribution in [0.4, 0.5) is 0 Å². The van der Waals surface area contributed by atoms with Gasteiger partial charge in [0.2, 0.25) is 0 Å². The van der Waals surface area contributed by atoms with E-state index in [0.29, 0.717) is 0 Å². The summed E-state index contributed by atoms with van der Waals surface area (Å²) >= 11 is 0. The van der Waals surface area contributed by atoms with Crippen molar-refractivity contribution in [2.45, 2.75) is 0 Å². The molecule has 0 saturated carbocycles. The number of hydrogen-bond acceptors (Lipinski definition) is 0. The van der Waals surface area contributed by atoms with E-state index in [0.717, 1.165) is 11.4 Å². The average molecular weight is 819 g/mol. The molecule has 0 aliphatic carbocycles. The molecule has 2 nitrogen and oxygen atoms in total. The summed E-state index contributed by atoms with van der Waals surface area (Å²) in [7, 11) is -2.99. The molecule has 3 heteroatoms. The summed E-state index contributed by atoms with van der Waals surface area (Å²) in [4.78, 5) is 0. The van der Waals surface area contributed by atoms with Crippen LogP contribution in [-0.4, -0.2) is 17.2 Å². The van der Waals surface area contributed by atoms with Gasteiger partial charge in [-0.1, -0.05) is 218 Å². The molecule has 0 fully saturated rings. The quantitative estimate of drug-likeness (QED) is 0.107. The zero-order valence-electron chi connectivity index (χ0n) is 34.6. The predicted molar refractivity (Wildman–Crippen MR) is 270 cm³/mol. The molecule has 0 N–H and O–H groups in total. The van der Waals surface area contributed by atoms with Crippen molar-refractivity contribution >= 4 is 72.4 Å². The summed E-state index contributed by atoms with van der Waals surface area (Å²) in [5.74, 6) is 0. The van der Waals surface area contributed by atoms with Crippen LogP contribution in [0, 0.1) is 0 Å². The Labute approximate surface area is 368 Å². The molecule has 0 radical (unpaired) electrons. The third-order valence-electron chi connectivity index (χ3n) is 13.1. The molecule has 63 heavy (non-hydrogen) atoms. The van der Waals surface area contributed by atoms with Gasteiger partial charge in [0.05, 0.1) is 22.1 Å². The van der Waals surface area contributed by atoms with Gasteiger partial charge in [-0.25, -0.2) is 0 Å². The molecule has 2 heterocycles. The first-order chi connectivity index (χ1) is 31.3. The Hall–Kier alpha value is -7.98. The summed E-state index contributed by atoms with van der Waals surface area (Å²) in [5.41, 5.74) is 11.9. The Morgan fingerprint density at radius 3 is 1.40 bits per heavy atom. The summed E-state index contributed by atoms with van der Waals surface area (Å²) in [6.45, 7) is 0. The average Bonchev–Trinajstić information content (AvgIpc) is 3.89. The number of rotatable bonds is 8. The van der Waals surface area contributed by atoms with Gasteiger partial charge >= 0.3 is 0 Å². The van der Waals surface area contributed by atoms with Crippen LogP contribution in [0.15, 0.2) is 255 Å². The monoisotopic (exact) mass is 818 g/mol. The van der Waals surface area contributed by atoms with Crippen molar-refractivity contribution in [1.29, 1.82) is 0 Å². The summed E-state index contributed by atoms with van der Waals surface area (Å²) in [6, 6.07) is 94.4. The first-order valence-corrected chi connectivity index (χ1v) is 23.8. The topological polar surface area (TPSA) is 9.86 Å². The maximum Gasteiger partial charge on any atom is 0.181 e. The van der Waals surface area contributed by atoms with Crippen LogP contribution in [0.1, 0.15) is 0 Å². The molecule has 0 aliphatic heterocycles. The van der Waals surface area contributed by atoms with Crippen molar-refractivity contribution in [3.05, 3.63) is 255 Å². The molecule has 0 bridgehead atoms. The van der Waals surface area contributed by atoms with Crippen LogP contribution < -0.4 is 20.7 Å². The minimum absolute atomic E-state index is 1.13. The Morgan fingerprint density at radius 1 is 0.286 bits per heavy atom. The number of para-hydroxylation sites is 2. The molecule has 0 saturated heterocycles. The largest absolute Gasteiger partial charge is 0.309 e. The number of nitrogens with zero attached hydrogens (tertiary/aromatic N) is 2. The maximum absolute atomic E-state index is 2.99. The second-order valence-corrected chi connectivity index (χ2v) is 20.2. The molecular weight excluding hydrogens is 777 g/mol. The fourth-order valence-electron chi connectivity index (χ4n) is 10.4. The number of aromatic nitrogens is 2. The lowest BCUT2D eigenvalue weighted by Crippen LogP contribution is -2.75. The number of fused-ring (bicyclic) bond motifs is 6. The van der Waals surface area contributed by atoms with Crippen molar-refractivity contribution < 1.29 is 0 Å². The van der Waals surface area contributed by atoms with Gasteiger partial charge in [-0.3, -0.25) is 0 Å². The molecule has 0 aliphatic rings. The van der Waals surface area contributed by atoms with Gasteiger partial charge in [0.1, 0.15) is 0 Å². The van der Waals surface area contributed by atoms with Crippen molar-refractivity contribution in [2.24, 2.45) is 0 Å². The Kier molecular flexibility index (Phi) is 8.87. The van der Waals surface area contributed by atoms with Crippen molar-refractivity contribution in [3.8, 4) is 33.6 Å². The van der Waals surface area contributed by atoms with Gasteiger partial charge in [-0.15, -0.1) is 0 Å². The molecule has 0 unspecified atom stereocenters. The van der Waals surface area contributed by atoms with E-state index in [1.165, 1.54) is 86.6 Å². The highest BCUT2D eigenvalue weighted by molar-refractivity contribution is 7.20. The lowest BCUT2D eigenvalue weighted by atomic mass is 9.99. The van der Waals surface area contributed by atoms with Gasteiger partial charge in [-0.05, 0) is 79.4 Å². The Morgan fingerprint density at radius 2 is 0.762 bits per heavy atom. The van der Waals surface area contributed by atoms with Crippen molar-refractivity contribution in [3.63, 3.8) is 0 Å². The van der Waals surface area contributed by atoms with E-state index < -0.39 is 8.07 Å². The Bertz CT molecular complexity index is 3480. The van der Waals surface area contributed by atoms with Crippen molar-refractivity contribution in [1.82, 2.24) is 9.13 Å². The van der Waals surface area contributed by atoms with Gasteiger partial charge in [0, 0.05) is 32.9 Å². The fourth-order valence-corrected chi connectivity index (χ4v) is 15.3. The van der Waals surface area contributed by atoms with Gasteiger partial charge in [-0.2, -0.15) is 0 Å². The smallest absolute Gasteiger partial charge is 0.181 e. The Balaban J connectivity index is 1.21. The van der Waals surface area contributed by atoms with Crippen LogP contribution >= 0.6 is 0 Å². The standard InChI is InChI=1S/C60H42N2Si/c1-6-20-43(21-7-1)44-36-38-46(39-37-44)61-55-33-17-16-30-52(55)53-41-40-47(42-57(53)61)62-56-34-18-31-51(45-22-8-2-9-23-45)59(56)54-32-19-35-58(60(54)62)63(48-24-10-3-11-25-48,49-26-12-4-13-27-49)50-28-14-5-15-29-50/h1-42H. The van der Waals surface area contributed by atoms with Crippen molar-refractivity contribution in [2.75, 3.05) is 0 Å². The maximum atomic E-state index is 2.59. The minimum atomic E-state index is -2.99. The van der Waals surface area contributed by atoms with E-state index in [-0.39, 0.29) is 0 Å². The summed E-state index contributed by atoms with van der Waals surface area (Å²) in [6.07, 6.45) is 0. The second kappa shape index (κ2) is 15.2. The fraction of sp³-hybridized carbons (Fsp3) is 0. The predicted octanol–water partition coefficient (Wildman–Crippen LogP) is 12.6. The number of benzene rings is 10. The molecule has 10 aromatic carbocycles. The normalized spacial score (nSPS) is 11.8. The van der Waals surface area contributed by atoms with Gasteiger partial charge < -0.3 is 9.13 Å². The van der Waals surface area contributed by atoms with E-state index in [1.807, 2.05) is 0 Å². The molecular formula is C60H42N2Si. The zero-order chi connectivity index (χ0) is 41.7. The van der Waals surface area contributed by atoms with E-state index in [9.17, 15) is 0 Å². The molecule has 12 aromatic rings. The van der Waals surface area contributed by atoms with Crippen LogP contribution in [0.5, 0.6) is 0 Å². The molecule has 12 rings (SSSR count). The second-order valence-electron chi connectivity index (χ2n) is 16.4. The van der Waals surface area contributed by atoms with Gasteiger partial charge in [0.15, 0.2) is 8.07 Å². The molecule has 0 spiro atoms. The first kappa shape index (κ1) is 36.8. The van der Waals surface area contributed by atoms with E-state index >= 15 is 0 Å². The SMILES string of the molecule is c1ccc(-c2ccc(-n3c4ccccc4c4ccc(-n5c6cccc(-c7ccccc7)c6c6cccc([Si](c7ccccc7)(c7ccccc7)c7ccccc7)c65)cc43)cc2)cc1. The third-order valence-corrected chi connectivity index (χ3v) is 17.9. The summed E-state index contributed by atoms with van der Waals surface area (Å²) in [5, 5.41) is 10.4. The van der Waals surface area contributed by atoms with E-state index in [4.69, 9.17) is 0 Å². The van der Waals surface area contributed by atoms with Crippen LogP contribution in [-0.2, 0) is 0 Å². The van der Waals surface area contributed by atoms with E-state index in [2.05, 4.69) is 264 Å². The van der Waals surface area contributed by atoms with Crippen LogP contribution in [0.25, 0.3) is 77.2 Å². The third kappa shape index (κ3) is 5.85. The highest BCUT2D eigenvalue weighted by Crippen LogP contribution is 2.40. The molecule has 2 aromatic heterocycles.